The molecule has 0 aliphatic carbocycles. The molecule has 132 valence electrons. The lowest BCUT2D eigenvalue weighted by Gasteiger charge is -2.16. The first-order valence-electron chi connectivity index (χ1n) is 7.39. The zero-order chi connectivity index (χ0) is 17.3. The summed E-state index contributed by atoms with van der Waals surface area (Å²) in [4.78, 5) is 12.3. The second-order valence-corrected chi connectivity index (χ2v) is 5.49. The van der Waals surface area contributed by atoms with Crippen LogP contribution in [0.25, 0.3) is 11.2 Å². The van der Waals surface area contributed by atoms with Crippen molar-refractivity contribution >= 4 is 17.0 Å². The Kier molecular flexibility index (Phi) is 4.89. The minimum absolute atomic E-state index is 0.0727. The summed E-state index contributed by atoms with van der Waals surface area (Å²) in [5, 5.41) is 50.2. The molecule has 0 saturated carbocycles. The van der Waals surface area contributed by atoms with E-state index >= 15 is 0 Å². The van der Waals surface area contributed by atoms with Gasteiger partial charge in [0, 0.05) is 6.54 Å². The van der Waals surface area contributed by atoms with Gasteiger partial charge in [-0.05, 0) is 0 Å². The normalized spacial score (nSPS) is 28.4. The second-order valence-electron chi connectivity index (χ2n) is 5.49. The number of rotatable bonds is 6. The number of aromatic nitrogens is 4. The van der Waals surface area contributed by atoms with Crippen LogP contribution in [0.1, 0.15) is 6.23 Å². The maximum absolute atomic E-state index is 10.1. The van der Waals surface area contributed by atoms with Gasteiger partial charge in [0.05, 0.1) is 25.6 Å². The molecule has 2 unspecified atom stereocenters. The Morgan fingerprint density at radius 1 is 1.21 bits per heavy atom. The van der Waals surface area contributed by atoms with Gasteiger partial charge in [-0.2, -0.15) is 0 Å². The van der Waals surface area contributed by atoms with Crippen LogP contribution < -0.4 is 5.32 Å². The third-order valence-corrected chi connectivity index (χ3v) is 3.87. The lowest BCUT2D eigenvalue weighted by atomic mass is 10.1. The van der Waals surface area contributed by atoms with E-state index in [-0.39, 0.29) is 6.54 Å². The third-order valence-electron chi connectivity index (χ3n) is 3.87. The molecule has 11 nitrogen and oxygen atoms in total. The molecule has 11 heteroatoms. The van der Waals surface area contributed by atoms with Crippen molar-refractivity contribution in [1.82, 2.24) is 19.5 Å². The van der Waals surface area contributed by atoms with E-state index < -0.39 is 43.9 Å². The predicted octanol–water partition coefficient (Wildman–Crippen LogP) is -2.80. The summed E-state index contributed by atoms with van der Waals surface area (Å²) in [7, 11) is 0. The fourth-order valence-electron chi connectivity index (χ4n) is 2.56. The molecule has 1 aliphatic rings. The lowest BCUT2D eigenvalue weighted by Crippen LogP contribution is -2.33. The molecule has 0 spiro atoms. The van der Waals surface area contributed by atoms with Crippen LogP contribution >= 0.6 is 0 Å². The van der Waals surface area contributed by atoms with Crippen LogP contribution in [-0.4, -0.2) is 89.2 Å². The lowest BCUT2D eigenvalue weighted by molar-refractivity contribution is -0.0511. The molecule has 1 saturated heterocycles. The van der Waals surface area contributed by atoms with Gasteiger partial charge < -0.3 is 35.6 Å². The summed E-state index contributed by atoms with van der Waals surface area (Å²) in [5.74, 6) is 0.345. The van der Waals surface area contributed by atoms with Crippen molar-refractivity contribution in [3.63, 3.8) is 0 Å². The molecular formula is C13H19N5O6. The topological polar surface area (TPSA) is 166 Å². The summed E-state index contributed by atoms with van der Waals surface area (Å²) >= 11 is 0. The number of hydrogen-bond acceptors (Lipinski definition) is 10. The number of fused-ring (bicyclic) bond motifs is 1. The Morgan fingerprint density at radius 3 is 2.67 bits per heavy atom. The SMILES string of the molecule is OCC(O)CNc1ncnc2c1ncn2C1O[C@H](CO)[C@@H](O)[C@H]1O. The Balaban J connectivity index is 1.89. The minimum atomic E-state index is -1.25. The average molecular weight is 341 g/mol. The quantitative estimate of drug-likeness (QED) is 0.323. The first-order valence-corrected chi connectivity index (χ1v) is 7.39. The van der Waals surface area contributed by atoms with Gasteiger partial charge in [-0.1, -0.05) is 0 Å². The van der Waals surface area contributed by atoms with Crippen LogP contribution in [0.4, 0.5) is 5.82 Å². The van der Waals surface area contributed by atoms with Gasteiger partial charge in [-0.25, -0.2) is 15.0 Å². The highest BCUT2D eigenvalue weighted by Crippen LogP contribution is 2.31. The van der Waals surface area contributed by atoms with Gasteiger partial charge >= 0.3 is 0 Å². The molecule has 0 bridgehead atoms. The molecule has 2 aromatic heterocycles. The largest absolute Gasteiger partial charge is 0.394 e. The molecule has 24 heavy (non-hydrogen) atoms. The number of hydrogen-bond donors (Lipinski definition) is 6. The minimum Gasteiger partial charge on any atom is -0.394 e. The number of aliphatic hydroxyl groups is 5. The summed E-state index contributed by atoms with van der Waals surface area (Å²) in [6.45, 7) is -0.746. The van der Waals surface area contributed by atoms with E-state index in [1.165, 1.54) is 17.2 Å². The van der Waals surface area contributed by atoms with E-state index in [1.807, 2.05) is 0 Å². The smallest absolute Gasteiger partial charge is 0.167 e. The molecule has 3 heterocycles. The van der Waals surface area contributed by atoms with Crippen LogP contribution in [0.5, 0.6) is 0 Å². The number of anilines is 1. The maximum atomic E-state index is 10.1. The van der Waals surface area contributed by atoms with Gasteiger partial charge in [-0.3, -0.25) is 4.57 Å². The number of nitrogens with one attached hydrogen (secondary N) is 1. The molecule has 0 amide bonds. The van der Waals surface area contributed by atoms with Crippen molar-refractivity contribution in [2.45, 2.75) is 30.6 Å². The van der Waals surface area contributed by atoms with Gasteiger partial charge in [-0.15, -0.1) is 0 Å². The van der Waals surface area contributed by atoms with E-state index in [9.17, 15) is 20.4 Å². The number of aliphatic hydroxyl groups excluding tert-OH is 5. The van der Waals surface area contributed by atoms with Crippen LogP contribution in [-0.2, 0) is 4.74 Å². The highest BCUT2D eigenvalue weighted by Gasteiger charge is 2.44. The van der Waals surface area contributed by atoms with E-state index in [4.69, 9.17) is 9.84 Å². The Hall–Kier alpha value is -1.89. The molecule has 0 radical (unpaired) electrons. The van der Waals surface area contributed by atoms with Crippen molar-refractivity contribution in [2.75, 3.05) is 25.1 Å². The highest BCUT2D eigenvalue weighted by atomic mass is 16.6. The molecule has 0 aromatic carbocycles. The standard InChI is InChI=1S/C13H19N5O6/c19-2-6(21)1-14-11-8-12(16-4-15-11)18(5-17-8)13-10(23)9(22)7(3-20)24-13/h4-7,9-10,13,19-23H,1-3H2,(H,14,15,16)/t6?,7-,9-,10-,13?/m1/s1. The summed E-state index contributed by atoms with van der Waals surface area (Å²) in [5.41, 5.74) is 0.723. The molecule has 6 N–H and O–H groups in total. The van der Waals surface area contributed by atoms with Gasteiger partial charge in [0.15, 0.2) is 23.2 Å². The van der Waals surface area contributed by atoms with Crippen molar-refractivity contribution in [3.05, 3.63) is 12.7 Å². The summed E-state index contributed by atoms with van der Waals surface area (Å²) in [6.07, 6.45) is -2.62. The molecular weight excluding hydrogens is 322 g/mol. The van der Waals surface area contributed by atoms with Crippen molar-refractivity contribution in [2.24, 2.45) is 0 Å². The molecule has 1 aliphatic heterocycles. The first-order chi connectivity index (χ1) is 11.6. The number of nitrogens with zero attached hydrogens (tertiary/aromatic N) is 4. The third kappa shape index (κ3) is 2.92. The zero-order valence-corrected chi connectivity index (χ0v) is 12.6. The monoisotopic (exact) mass is 341 g/mol. The summed E-state index contributed by atoms with van der Waals surface area (Å²) in [6, 6.07) is 0. The van der Waals surface area contributed by atoms with Crippen LogP contribution in [0.15, 0.2) is 12.7 Å². The number of ether oxygens (including phenoxy) is 1. The van der Waals surface area contributed by atoms with Gasteiger partial charge in [0.2, 0.25) is 0 Å². The predicted molar refractivity (Wildman–Crippen MR) is 79.9 cm³/mol. The van der Waals surface area contributed by atoms with E-state index in [2.05, 4.69) is 20.3 Å². The van der Waals surface area contributed by atoms with E-state index in [1.54, 1.807) is 0 Å². The van der Waals surface area contributed by atoms with E-state index in [0.29, 0.717) is 17.0 Å². The Bertz CT molecular complexity index is 697. The molecule has 3 rings (SSSR count). The molecule has 5 atom stereocenters. The van der Waals surface area contributed by atoms with Crippen LogP contribution in [0.3, 0.4) is 0 Å². The second kappa shape index (κ2) is 6.93. The van der Waals surface area contributed by atoms with E-state index in [0.717, 1.165) is 0 Å². The Labute approximate surface area is 136 Å². The first kappa shape index (κ1) is 17.0. The molecule has 1 fully saturated rings. The van der Waals surface area contributed by atoms with Crippen molar-refractivity contribution < 1.29 is 30.3 Å². The average Bonchev–Trinajstić information content (AvgIpc) is 3.15. The van der Waals surface area contributed by atoms with Crippen molar-refractivity contribution in [3.8, 4) is 0 Å². The van der Waals surface area contributed by atoms with Gasteiger partial charge in [0.25, 0.3) is 0 Å². The fraction of sp³-hybridized carbons (Fsp3) is 0.615. The maximum Gasteiger partial charge on any atom is 0.167 e. The Morgan fingerprint density at radius 2 is 2.00 bits per heavy atom. The zero-order valence-electron chi connectivity index (χ0n) is 12.6. The summed E-state index contributed by atoms with van der Waals surface area (Å²) < 4.78 is 6.90. The molecule has 2 aromatic rings. The highest BCUT2D eigenvalue weighted by molar-refractivity contribution is 5.82. The van der Waals surface area contributed by atoms with Gasteiger partial charge in [0.1, 0.15) is 24.6 Å². The van der Waals surface area contributed by atoms with Crippen LogP contribution in [0.2, 0.25) is 0 Å². The van der Waals surface area contributed by atoms with Crippen LogP contribution in [0, 0.1) is 0 Å². The number of imidazole rings is 1. The van der Waals surface area contributed by atoms with Crippen molar-refractivity contribution in [1.29, 1.82) is 0 Å². The fourth-order valence-corrected chi connectivity index (χ4v) is 2.56.